The average molecular weight is 412 g/mol. The van der Waals surface area contributed by atoms with Gasteiger partial charge >= 0.3 is 5.63 Å². The second kappa shape index (κ2) is 9.00. The van der Waals surface area contributed by atoms with E-state index in [1.165, 1.54) is 6.07 Å². The van der Waals surface area contributed by atoms with Crippen LogP contribution in [0.3, 0.4) is 0 Å². The Bertz CT molecular complexity index is 1270. The van der Waals surface area contributed by atoms with Crippen LogP contribution < -0.4 is 10.4 Å². The lowest BCUT2D eigenvalue weighted by Crippen LogP contribution is -2.12. The molecule has 0 N–H and O–H groups in total. The number of aryl methyl sites for hydroxylation is 2. The van der Waals surface area contributed by atoms with E-state index in [4.69, 9.17) is 9.15 Å². The maximum absolute atomic E-state index is 12.8. The summed E-state index contributed by atoms with van der Waals surface area (Å²) in [4.78, 5) is 24.7. The molecule has 156 valence electrons. The Kier molecular flexibility index (Phi) is 5.99. The van der Waals surface area contributed by atoms with Crippen molar-refractivity contribution < 1.29 is 13.9 Å². The Balaban J connectivity index is 1.57. The third kappa shape index (κ3) is 4.58. The first-order valence-corrected chi connectivity index (χ1v) is 10.4. The SMILES string of the molecule is CCCc1cc(=O)oc2cc(C)cc(OCC(=O)c3ccc(-c4ccccc4)cc3)c12. The molecule has 4 rings (SSSR count). The van der Waals surface area contributed by atoms with Gasteiger partial charge in [0.1, 0.15) is 11.3 Å². The summed E-state index contributed by atoms with van der Waals surface area (Å²) < 4.78 is 11.3. The number of rotatable bonds is 7. The van der Waals surface area contributed by atoms with Gasteiger partial charge in [-0.15, -0.1) is 0 Å². The van der Waals surface area contributed by atoms with Gasteiger partial charge in [0.25, 0.3) is 0 Å². The van der Waals surface area contributed by atoms with Crippen molar-refractivity contribution in [2.45, 2.75) is 26.7 Å². The second-order valence-electron chi connectivity index (χ2n) is 7.63. The van der Waals surface area contributed by atoms with E-state index in [0.29, 0.717) is 16.9 Å². The maximum Gasteiger partial charge on any atom is 0.336 e. The van der Waals surface area contributed by atoms with Crippen LogP contribution in [0.25, 0.3) is 22.1 Å². The molecule has 31 heavy (non-hydrogen) atoms. The van der Waals surface area contributed by atoms with Crippen LogP contribution in [-0.2, 0) is 6.42 Å². The summed E-state index contributed by atoms with van der Waals surface area (Å²) in [7, 11) is 0. The van der Waals surface area contributed by atoms with Crippen LogP contribution in [0, 0.1) is 6.92 Å². The van der Waals surface area contributed by atoms with Crippen LogP contribution >= 0.6 is 0 Å². The van der Waals surface area contributed by atoms with Crippen molar-refractivity contribution in [3.8, 4) is 16.9 Å². The fourth-order valence-electron chi connectivity index (χ4n) is 3.76. The molecule has 0 saturated carbocycles. The van der Waals surface area contributed by atoms with Gasteiger partial charge in [-0.25, -0.2) is 4.79 Å². The molecular weight excluding hydrogens is 388 g/mol. The minimum absolute atomic E-state index is 0.0894. The first-order valence-electron chi connectivity index (χ1n) is 10.4. The first-order chi connectivity index (χ1) is 15.0. The van der Waals surface area contributed by atoms with E-state index in [1.54, 1.807) is 0 Å². The molecule has 1 aromatic heterocycles. The lowest BCUT2D eigenvalue weighted by atomic mass is 10.0. The van der Waals surface area contributed by atoms with E-state index in [2.05, 4.69) is 6.92 Å². The number of carbonyl (C=O) groups is 1. The Hall–Kier alpha value is -3.66. The van der Waals surface area contributed by atoms with E-state index in [-0.39, 0.29) is 18.0 Å². The van der Waals surface area contributed by atoms with Gasteiger partial charge in [-0.3, -0.25) is 4.79 Å². The number of hydrogen-bond acceptors (Lipinski definition) is 4. The molecule has 0 spiro atoms. The minimum atomic E-state index is -0.373. The molecule has 0 fully saturated rings. The molecule has 0 radical (unpaired) electrons. The number of carbonyl (C=O) groups excluding carboxylic acids is 1. The number of benzene rings is 3. The predicted molar refractivity (Wildman–Crippen MR) is 123 cm³/mol. The van der Waals surface area contributed by atoms with Crippen molar-refractivity contribution in [3.63, 3.8) is 0 Å². The van der Waals surface area contributed by atoms with Crippen LogP contribution in [0.5, 0.6) is 5.75 Å². The summed E-state index contributed by atoms with van der Waals surface area (Å²) in [6, 6.07) is 22.8. The highest BCUT2D eigenvalue weighted by molar-refractivity contribution is 5.98. The standard InChI is InChI=1S/C27H24O4/c1-3-7-22-16-26(29)31-25-15-18(2)14-24(27(22)25)30-17-23(28)21-12-10-20(11-13-21)19-8-5-4-6-9-19/h4-6,8-16H,3,7,17H2,1-2H3. The largest absolute Gasteiger partial charge is 0.485 e. The zero-order chi connectivity index (χ0) is 21.8. The molecule has 4 nitrogen and oxygen atoms in total. The normalized spacial score (nSPS) is 10.9. The van der Waals surface area contributed by atoms with Crippen molar-refractivity contribution in [2.24, 2.45) is 0 Å². The van der Waals surface area contributed by atoms with E-state index >= 15 is 0 Å². The summed E-state index contributed by atoms with van der Waals surface area (Å²) in [5.74, 6) is 0.458. The maximum atomic E-state index is 12.8. The Morgan fingerprint density at radius 2 is 1.65 bits per heavy atom. The van der Waals surface area contributed by atoms with E-state index < -0.39 is 0 Å². The lowest BCUT2D eigenvalue weighted by molar-refractivity contribution is 0.0922. The monoisotopic (exact) mass is 412 g/mol. The fourth-order valence-corrected chi connectivity index (χ4v) is 3.76. The van der Waals surface area contributed by atoms with Gasteiger partial charge < -0.3 is 9.15 Å². The van der Waals surface area contributed by atoms with Gasteiger partial charge in [0.15, 0.2) is 12.4 Å². The van der Waals surface area contributed by atoms with Gasteiger partial charge in [0, 0.05) is 11.6 Å². The van der Waals surface area contributed by atoms with Gasteiger partial charge in [-0.2, -0.15) is 0 Å². The molecule has 3 aromatic carbocycles. The Morgan fingerprint density at radius 1 is 0.935 bits per heavy atom. The zero-order valence-electron chi connectivity index (χ0n) is 17.7. The van der Waals surface area contributed by atoms with Crippen LogP contribution in [0.2, 0.25) is 0 Å². The smallest absolute Gasteiger partial charge is 0.336 e. The molecule has 0 aliphatic heterocycles. The third-order valence-electron chi connectivity index (χ3n) is 5.23. The van der Waals surface area contributed by atoms with Crippen molar-refractivity contribution in [1.82, 2.24) is 0 Å². The Morgan fingerprint density at radius 3 is 2.35 bits per heavy atom. The minimum Gasteiger partial charge on any atom is -0.485 e. The van der Waals surface area contributed by atoms with Crippen molar-refractivity contribution in [3.05, 3.63) is 99.9 Å². The van der Waals surface area contributed by atoms with Gasteiger partial charge in [-0.1, -0.05) is 67.9 Å². The molecule has 0 bridgehead atoms. The molecule has 0 saturated heterocycles. The molecule has 0 aliphatic carbocycles. The topological polar surface area (TPSA) is 56.5 Å². The lowest BCUT2D eigenvalue weighted by Gasteiger charge is -2.13. The van der Waals surface area contributed by atoms with E-state index in [1.807, 2.05) is 73.7 Å². The van der Waals surface area contributed by atoms with Gasteiger partial charge in [0.05, 0.1) is 5.39 Å². The molecule has 0 aliphatic rings. The first kappa shape index (κ1) is 20.6. The van der Waals surface area contributed by atoms with Crippen molar-refractivity contribution in [1.29, 1.82) is 0 Å². The average Bonchev–Trinajstić information content (AvgIpc) is 2.77. The number of ether oxygens (including phenoxy) is 1. The Labute approximate surface area is 181 Å². The van der Waals surface area contributed by atoms with Crippen molar-refractivity contribution >= 4 is 16.8 Å². The summed E-state index contributed by atoms with van der Waals surface area (Å²) >= 11 is 0. The van der Waals surface area contributed by atoms with Gasteiger partial charge in [0.2, 0.25) is 0 Å². The molecule has 4 aromatic rings. The molecule has 1 heterocycles. The fraction of sp³-hybridized carbons (Fsp3) is 0.185. The molecule has 4 heteroatoms. The summed E-state index contributed by atoms with van der Waals surface area (Å²) in [6.45, 7) is 3.87. The summed E-state index contributed by atoms with van der Waals surface area (Å²) in [5, 5.41) is 0.763. The van der Waals surface area contributed by atoms with Crippen LogP contribution in [0.15, 0.2) is 82.0 Å². The molecule has 0 atom stereocenters. The number of ketones is 1. The highest BCUT2D eigenvalue weighted by Gasteiger charge is 2.14. The third-order valence-corrected chi connectivity index (χ3v) is 5.23. The van der Waals surface area contributed by atoms with Crippen LogP contribution in [0.4, 0.5) is 0 Å². The number of fused-ring (bicyclic) bond motifs is 1. The van der Waals surface area contributed by atoms with Crippen LogP contribution in [-0.4, -0.2) is 12.4 Å². The van der Waals surface area contributed by atoms with Crippen LogP contribution in [0.1, 0.15) is 34.8 Å². The highest BCUT2D eigenvalue weighted by Crippen LogP contribution is 2.31. The van der Waals surface area contributed by atoms with Gasteiger partial charge in [-0.05, 0) is 47.7 Å². The summed E-state index contributed by atoms with van der Waals surface area (Å²) in [5.41, 5.74) is 4.66. The molecule has 0 amide bonds. The van der Waals surface area contributed by atoms with E-state index in [0.717, 1.165) is 40.5 Å². The molecular formula is C27H24O4. The molecule has 0 unspecified atom stereocenters. The summed E-state index contributed by atoms with van der Waals surface area (Å²) in [6.07, 6.45) is 1.62. The second-order valence-corrected chi connectivity index (χ2v) is 7.63. The predicted octanol–water partition coefficient (Wildman–Crippen LogP) is 5.98. The van der Waals surface area contributed by atoms with Crippen molar-refractivity contribution in [2.75, 3.05) is 6.61 Å². The highest BCUT2D eigenvalue weighted by atomic mass is 16.5. The number of Topliss-reactive ketones (excluding diaryl/α,β-unsaturated/α-hetero) is 1. The number of hydrogen-bond donors (Lipinski definition) is 0. The zero-order valence-corrected chi connectivity index (χ0v) is 17.7. The quantitative estimate of drug-likeness (QED) is 0.277. The van der Waals surface area contributed by atoms with E-state index in [9.17, 15) is 9.59 Å².